The zero-order chi connectivity index (χ0) is 17.6. The monoisotopic (exact) mass is 346 g/mol. The van der Waals surface area contributed by atoms with Crippen LogP contribution in [-0.4, -0.2) is 66.3 Å². The number of aromatic nitrogens is 1. The Morgan fingerprint density at radius 2 is 2.04 bits per heavy atom. The van der Waals surface area contributed by atoms with Gasteiger partial charge in [-0.1, -0.05) is 6.42 Å². The lowest BCUT2D eigenvalue weighted by atomic mass is 10.0. The fourth-order valence-corrected chi connectivity index (χ4v) is 3.77. The van der Waals surface area contributed by atoms with Crippen molar-refractivity contribution < 1.29 is 9.90 Å². The number of anilines is 1. The van der Waals surface area contributed by atoms with E-state index in [1.165, 1.54) is 19.3 Å². The summed E-state index contributed by atoms with van der Waals surface area (Å²) in [5, 5.41) is 12.6. The highest BCUT2D eigenvalue weighted by Gasteiger charge is 2.20. The van der Waals surface area contributed by atoms with Gasteiger partial charge < -0.3 is 20.2 Å². The van der Waals surface area contributed by atoms with Gasteiger partial charge in [-0.25, -0.2) is 4.98 Å². The highest BCUT2D eigenvalue weighted by molar-refractivity contribution is 5.94. The molecule has 1 aromatic heterocycles. The summed E-state index contributed by atoms with van der Waals surface area (Å²) in [5.74, 6) is 0.832. The minimum Gasteiger partial charge on any atom is -0.393 e. The molecule has 1 amide bonds. The van der Waals surface area contributed by atoms with Crippen molar-refractivity contribution in [1.82, 2.24) is 15.2 Å². The van der Waals surface area contributed by atoms with Crippen LogP contribution in [0.2, 0.25) is 0 Å². The van der Waals surface area contributed by atoms with Gasteiger partial charge in [0.15, 0.2) is 0 Å². The molecular formula is C19H30N4O2. The van der Waals surface area contributed by atoms with Gasteiger partial charge >= 0.3 is 0 Å². The van der Waals surface area contributed by atoms with E-state index in [1.807, 2.05) is 12.1 Å². The van der Waals surface area contributed by atoms with Crippen LogP contribution in [0, 0.1) is 0 Å². The van der Waals surface area contributed by atoms with Crippen molar-refractivity contribution in [1.29, 1.82) is 0 Å². The molecule has 0 unspecified atom stereocenters. The highest BCUT2D eigenvalue weighted by atomic mass is 16.3. The van der Waals surface area contributed by atoms with E-state index in [0.717, 1.165) is 44.7 Å². The summed E-state index contributed by atoms with van der Waals surface area (Å²) in [6.07, 6.45) is 7.83. The molecule has 0 saturated carbocycles. The van der Waals surface area contributed by atoms with Crippen LogP contribution >= 0.6 is 0 Å². The Morgan fingerprint density at radius 1 is 1.24 bits per heavy atom. The van der Waals surface area contributed by atoms with E-state index in [4.69, 9.17) is 0 Å². The van der Waals surface area contributed by atoms with Crippen LogP contribution in [0.5, 0.6) is 0 Å². The predicted molar refractivity (Wildman–Crippen MR) is 98.9 cm³/mol. The lowest BCUT2D eigenvalue weighted by molar-refractivity contribution is 0.0945. The first-order valence-corrected chi connectivity index (χ1v) is 9.51. The van der Waals surface area contributed by atoms with Crippen LogP contribution < -0.4 is 10.2 Å². The Kier molecular flexibility index (Phi) is 6.26. The number of aliphatic hydroxyl groups is 1. The van der Waals surface area contributed by atoms with Crippen molar-refractivity contribution in [3.63, 3.8) is 0 Å². The van der Waals surface area contributed by atoms with Crippen LogP contribution in [0.4, 0.5) is 5.82 Å². The molecule has 0 aliphatic carbocycles. The van der Waals surface area contributed by atoms with Gasteiger partial charge in [0.1, 0.15) is 5.82 Å². The molecule has 3 rings (SSSR count). The van der Waals surface area contributed by atoms with E-state index in [0.29, 0.717) is 18.2 Å². The van der Waals surface area contributed by atoms with Crippen molar-refractivity contribution in [2.24, 2.45) is 0 Å². The molecule has 0 radical (unpaired) electrons. The molecule has 2 N–H and O–H groups in total. The number of pyridine rings is 1. The topological polar surface area (TPSA) is 68.7 Å². The smallest absolute Gasteiger partial charge is 0.252 e. The Balaban J connectivity index is 1.46. The Hall–Kier alpha value is -1.66. The van der Waals surface area contributed by atoms with Crippen LogP contribution in [0.1, 0.15) is 48.9 Å². The van der Waals surface area contributed by atoms with E-state index in [1.54, 1.807) is 6.20 Å². The number of nitrogens with one attached hydrogen (secondary N) is 1. The summed E-state index contributed by atoms with van der Waals surface area (Å²) >= 11 is 0. The van der Waals surface area contributed by atoms with Crippen LogP contribution in [0.25, 0.3) is 0 Å². The summed E-state index contributed by atoms with van der Waals surface area (Å²) in [4.78, 5) is 21.3. The van der Waals surface area contributed by atoms with Crippen molar-refractivity contribution in [3.05, 3.63) is 23.9 Å². The predicted octanol–water partition coefficient (Wildman–Crippen LogP) is 1.65. The van der Waals surface area contributed by atoms with E-state index >= 15 is 0 Å². The number of likely N-dealkylation sites (tertiary alicyclic amines) is 1. The summed E-state index contributed by atoms with van der Waals surface area (Å²) in [6.45, 7) is 3.50. The molecule has 25 heavy (non-hydrogen) atoms. The Labute approximate surface area is 150 Å². The molecule has 2 aliphatic rings. The van der Waals surface area contributed by atoms with Crippen molar-refractivity contribution in [2.45, 2.75) is 50.7 Å². The van der Waals surface area contributed by atoms with Gasteiger partial charge in [0, 0.05) is 31.9 Å². The number of hydrogen-bond donors (Lipinski definition) is 2. The molecular weight excluding hydrogens is 316 g/mol. The molecule has 2 saturated heterocycles. The zero-order valence-corrected chi connectivity index (χ0v) is 15.2. The van der Waals surface area contributed by atoms with Crippen molar-refractivity contribution >= 4 is 11.7 Å². The average molecular weight is 346 g/mol. The van der Waals surface area contributed by atoms with E-state index in [2.05, 4.69) is 27.1 Å². The maximum Gasteiger partial charge on any atom is 0.252 e. The number of piperidine rings is 2. The number of aliphatic hydroxyl groups excluding tert-OH is 1. The molecule has 1 atom stereocenters. The van der Waals surface area contributed by atoms with E-state index in [-0.39, 0.29) is 12.0 Å². The SMILES string of the molecule is CN1CCCC[C@@H]1CCNC(=O)c1ccc(N2CCC(O)CC2)nc1. The standard InChI is InChI=1S/C19H30N4O2/c1-22-11-3-2-4-16(22)7-10-20-19(25)15-5-6-18(21-14-15)23-12-8-17(24)9-13-23/h5-6,14,16-17,24H,2-4,7-13H2,1H3,(H,20,25)/t16-/m1/s1. The van der Waals surface area contributed by atoms with Gasteiger partial charge in [0.25, 0.3) is 5.91 Å². The molecule has 0 bridgehead atoms. The molecule has 2 aliphatic heterocycles. The number of rotatable bonds is 5. The van der Waals surface area contributed by atoms with Gasteiger partial charge in [0.2, 0.25) is 0 Å². The lowest BCUT2D eigenvalue weighted by Gasteiger charge is -2.32. The Bertz CT molecular complexity index is 555. The van der Waals surface area contributed by atoms with E-state index in [9.17, 15) is 9.90 Å². The first-order valence-electron chi connectivity index (χ1n) is 9.51. The largest absolute Gasteiger partial charge is 0.393 e. The Morgan fingerprint density at radius 3 is 2.72 bits per heavy atom. The van der Waals surface area contributed by atoms with Crippen molar-refractivity contribution in [2.75, 3.05) is 38.1 Å². The quantitative estimate of drug-likeness (QED) is 0.848. The third-order valence-corrected chi connectivity index (χ3v) is 5.48. The first-order chi connectivity index (χ1) is 12.1. The van der Waals surface area contributed by atoms with Crippen molar-refractivity contribution in [3.8, 4) is 0 Å². The molecule has 6 heteroatoms. The maximum absolute atomic E-state index is 12.3. The summed E-state index contributed by atoms with van der Waals surface area (Å²) in [5.41, 5.74) is 0.609. The molecule has 6 nitrogen and oxygen atoms in total. The fraction of sp³-hybridized carbons (Fsp3) is 0.684. The number of carbonyl (C=O) groups excluding carboxylic acids is 1. The summed E-state index contributed by atoms with van der Waals surface area (Å²) < 4.78 is 0. The van der Waals surface area contributed by atoms with Gasteiger partial charge in [0.05, 0.1) is 11.7 Å². The highest BCUT2D eigenvalue weighted by Crippen LogP contribution is 2.19. The van der Waals surface area contributed by atoms with Gasteiger partial charge in [-0.3, -0.25) is 4.79 Å². The molecule has 0 spiro atoms. The summed E-state index contributed by atoms with van der Waals surface area (Å²) in [7, 11) is 2.17. The second-order valence-electron chi connectivity index (χ2n) is 7.30. The number of nitrogens with zero attached hydrogens (tertiary/aromatic N) is 3. The van der Waals surface area contributed by atoms with Gasteiger partial charge in [-0.15, -0.1) is 0 Å². The van der Waals surface area contributed by atoms with Gasteiger partial charge in [-0.2, -0.15) is 0 Å². The molecule has 0 aromatic carbocycles. The first kappa shape index (κ1) is 18.1. The van der Waals surface area contributed by atoms with Crippen LogP contribution in [-0.2, 0) is 0 Å². The van der Waals surface area contributed by atoms with Gasteiger partial charge in [-0.05, 0) is 57.8 Å². The third kappa shape index (κ3) is 4.92. The van der Waals surface area contributed by atoms with Crippen LogP contribution in [0.3, 0.4) is 0 Å². The molecule has 1 aromatic rings. The number of hydrogen-bond acceptors (Lipinski definition) is 5. The minimum absolute atomic E-state index is 0.0495. The maximum atomic E-state index is 12.3. The second-order valence-corrected chi connectivity index (χ2v) is 7.30. The fourth-order valence-electron chi connectivity index (χ4n) is 3.77. The normalized spacial score (nSPS) is 22.8. The zero-order valence-electron chi connectivity index (χ0n) is 15.2. The number of carbonyl (C=O) groups is 1. The summed E-state index contributed by atoms with van der Waals surface area (Å²) in [6, 6.07) is 4.33. The minimum atomic E-state index is -0.190. The molecule has 2 fully saturated rings. The lowest BCUT2D eigenvalue weighted by Crippen LogP contribution is -2.39. The van der Waals surface area contributed by atoms with E-state index < -0.39 is 0 Å². The molecule has 3 heterocycles. The second kappa shape index (κ2) is 8.63. The molecule has 138 valence electrons. The third-order valence-electron chi connectivity index (χ3n) is 5.48. The number of amides is 1. The van der Waals surface area contributed by atoms with Crippen LogP contribution in [0.15, 0.2) is 18.3 Å². The average Bonchev–Trinajstić information content (AvgIpc) is 2.64.